The molecule has 5 aliphatic rings. The fourth-order valence-corrected chi connectivity index (χ4v) is 9.13. The zero-order valence-corrected chi connectivity index (χ0v) is 32.3. The predicted molar refractivity (Wildman–Crippen MR) is 201 cm³/mol. The van der Waals surface area contributed by atoms with Gasteiger partial charge in [0.2, 0.25) is 27.7 Å². The van der Waals surface area contributed by atoms with Crippen LogP contribution >= 0.6 is 0 Å². The van der Waals surface area contributed by atoms with E-state index in [0.717, 1.165) is 42.3 Å². The first kappa shape index (κ1) is 37.2. The van der Waals surface area contributed by atoms with Gasteiger partial charge in [-0.15, -0.1) is 0 Å². The lowest BCUT2D eigenvalue weighted by molar-refractivity contribution is -0.141. The Labute approximate surface area is 320 Å². The molecule has 8 rings (SSSR count). The first-order valence-corrected chi connectivity index (χ1v) is 21.1. The average Bonchev–Trinajstić information content (AvgIpc) is 4.04. The van der Waals surface area contributed by atoms with Gasteiger partial charge in [-0.05, 0) is 84.3 Å². The number of alkyl carbamates (subject to hydrolysis) is 1. The number of amides is 4. The highest BCUT2D eigenvalue weighted by atomic mass is 32.2. The number of allylic oxidation sites excluding steroid dienone is 1. The van der Waals surface area contributed by atoms with Crippen molar-refractivity contribution in [2.45, 2.75) is 132 Å². The summed E-state index contributed by atoms with van der Waals surface area (Å²) in [4.78, 5) is 62.2. The van der Waals surface area contributed by atoms with Crippen molar-refractivity contribution in [3.05, 3.63) is 48.2 Å². The number of nitrogens with one attached hydrogen (secondary N) is 3. The van der Waals surface area contributed by atoms with Gasteiger partial charge in [-0.2, -0.15) is 9.61 Å². The molecule has 3 saturated carbocycles. The van der Waals surface area contributed by atoms with E-state index in [4.69, 9.17) is 19.6 Å². The van der Waals surface area contributed by atoms with Gasteiger partial charge < -0.3 is 25.0 Å². The van der Waals surface area contributed by atoms with Crippen LogP contribution in [-0.2, 0) is 29.1 Å². The van der Waals surface area contributed by atoms with Gasteiger partial charge in [-0.3, -0.25) is 19.1 Å². The smallest absolute Gasteiger partial charge is 0.408 e. The van der Waals surface area contributed by atoms with Crippen LogP contribution in [-0.4, -0.2) is 92.9 Å². The number of carbonyl (C=O) groups excluding carboxylic acids is 4. The highest BCUT2D eigenvalue weighted by Crippen LogP contribution is 2.46. The molecule has 3 N–H and O–H groups in total. The normalized spacial score (nSPS) is 28.3. The lowest BCUT2D eigenvalue weighted by Gasteiger charge is -2.30. The number of fused-ring (bicyclic) bond motifs is 5. The van der Waals surface area contributed by atoms with Crippen molar-refractivity contribution < 1.29 is 37.1 Å². The fourth-order valence-electron chi connectivity index (χ4n) is 7.76. The summed E-state index contributed by atoms with van der Waals surface area (Å²) in [6, 6.07) is 7.48. The second-order valence-electron chi connectivity index (χ2n) is 16.7. The maximum atomic E-state index is 14.6. The maximum absolute atomic E-state index is 14.6. The Balaban J connectivity index is 1.12. The van der Waals surface area contributed by atoms with E-state index in [9.17, 15) is 27.6 Å². The lowest BCUT2D eigenvalue weighted by Crippen LogP contribution is -2.58. The Bertz CT molecular complexity index is 2170. The Kier molecular flexibility index (Phi) is 9.53. The largest absolute Gasteiger partial charge is 0.472 e. The number of hydrogen-bond donors (Lipinski definition) is 3. The van der Waals surface area contributed by atoms with Crippen LogP contribution in [0.15, 0.2) is 42.5 Å². The molecule has 0 bridgehead atoms. The molecule has 0 radical (unpaired) electrons. The maximum Gasteiger partial charge on any atom is 0.408 e. The van der Waals surface area contributed by atoms with Gasteiger partial charge in [0.05, 0.1) is 23.0 Å². The highest BCUT2D eigenvalue weighted by molar-refractivity contribution is 7.91. The van der Waals surface area contributed by atoms with Crippen molar-refractivity contribution in [2.75, 3.05) is 6.54 Å². The molecule has 294 valence electrons. The summed E-state index contributed by atoms with van der Waals surface area (Å²) in [6.45, 7) is 5.22. The molecular formula is C39H49N7O8S. The average molecular weight is 776 g/mol. The number of ether oxygens (including phenoxy) is 2. The summed E-state index contributed by atoms with van der Waals surface area (Å²) in [5, 5.41) is 10.7. The van der Waals surface area contributed by atoms with Crippen LogP contribution in [0, 0.1) is 5.92 Å². The van der Waals surface area contributed by atoms with Crippen LogP contribution in [0.25, 0.3) is 16.6 Å². The highest BCUT2D eigenvalue weighted by Gasteiger charge is 2.62. The molecule has 2 aliphatic heterocycles. The van der Waals surface area contributed by atoms with Crippen LogP contribution in [0.1, 0.15) is 103 Å². The number of benzene rings is 1. The predicted octanol–water partition coefficient (Wildman–Crippen LogP) is 4.01. The van der Waals surface area contributed by atoms with Gasteiger partial charge in [-0.25, -0.2) is 18.2 Å². The van der Waals surface area contributed by atoms with E-state index in [2.05, 4.69) is 15.4 Å². The SMILES string of the molecule is CC(C)(C)OC(=O)N[C@H]1CCCCC/C=C\[C@H]2C[C@@]2(C(=O)NS(=O)(=O)C2CC2)NC(=O)[C@@H]2C[C@@H](Oc3cc(C4CC4)nc4c5ccccc5nn34)CN2C1=O. The van der Waals surface area contributed by atoms with Crippen molar-refractivity contribution in [1.29, 1.82) is 0 Å². The first-order valence-electron chi connectivity index (χ1n) is 19.5. The molecule has 0 unspecified atom stereocenters. The minimum Gasteiger partial charge on any atom is -0.472 e. The monoisotopic (exact) mass is 775 g/mol. The number of carbonyl (C=O) groups is 4. The third kappa shape index (κ3) is 7.87. The second-order valence-corrected chi connectivity index (χ2v) is 18.7. The molecule has 4 fully saturated rings. The van der Waals surface area contributed by atoms with E-state index in [1.54, 1.807) is 25.3 Å². The molecule has 3 aromatic rings. The van der Waals surface area contributed by atoms with Crippen molar-refractivity contribution in [3.8, 4) is 5.88 Å². The Hall–Kier alpha value is -4.73. The molecule has 5 atom stereocenters. The quantitative estimate of drug-likeness (QED) is 0.296. The summed E-state index contributed by atoms with van der Waals surface area (Å²) >= 11 is 0. The van der Waals surface area contributed by atoms with Crippen molar-refractivity contribution >= 4 is 50.4 Å². The Morgan fingerprint density at radius 2 is 1.82 bits per heavy atom. The summed E-state index contributed by atoms with van der Waals surface area (Å²) in [5.41, 5.74) is -0.0107. The van der Waals surface area contributed by atoms with Crippen LogP contribution in [0.2, 0.25) is 0 Å². The molecule has 3 aliphatic carbocycles. The Morgan fingerprint density at radius 1 is 1.04 bits per heavy atom. The van der Waals surface area contributed by atoms with Crippen molar-refractivity contribution in [2.24, 2.45) is 5.92 Å². The van der Waals surface area contributed by atoms with E-state index < -0.39 is 74.3 Å². The lowest BCUT2D eigenvalue weighted by atomic mass is 10.0. The molecule has 55 heavy (non-hydrogen) atoms. The fraction of sp³-hybridized carbons (Fsp3) is 0.590. The Morgan fingerprint density at radius 3 is 2.56 bits per heavy atom. The van der Waals surface area contributed by atoms with Gasteiger partial charge in [-0.1, -0.05) is 37.1 Å². The third-order valence-corrected chi connectivity index (χ3v) is 12.9. The van der Waals surface area contributed by atoms with E-state index >= 15 is 0 Å². The topological polar surface area (TPSA) is 190 Å². The number of hydrogen-bond acceptors (Lipinski definition) is 10. The first-order chi connectivity index (χ1) is 26.2. The van der Waals surface area contributed by atoms with Gasteiger partial charge in [0.15, 0.2) is 5.65 Å². The van der Waals surface area contributed by atoms with Crippen LogP contribution in [0.5, 0.6) is 5.88 Å². The zero-order valence-electron chi connectivity index (χ0n) is 31.5. The minimum absolute atomic E-state index is 0.00533. The van der Waals surface area contributed by atoms with Crippen molar-refractivity contribution in [1.82, 2.24) is 34.9 Å². The number of nitrogens with zero attached hydrogens (tertiary/aromatic N) is 4. The van der Waals surface area contributed by atoms with Gasteiger partial charge in [0.1, 0.15) is 29.3 Å². The van der Waals surface area contributed by atoms with Crippen LogP contribution in [0.4, 0.5) is 4.79 Å². The van der Waals surface area contributed by atoms with Gasteiger partial charge >= 0.3 is 6.09 Å². The standard InChI is InChI=1S/C39H49N7O8S/c1-38(2,3)54-37(50)41-29-14-8-6-4-5-7-11-24-21-39(24,36(49)44-55(51,52)26-17-18-26)42-34(47)31-19-25(22-45(31)35(29)48)53-32-20-30(23-15-16-23)40-33-27-12-9-10-13-28(27)43-46(32)33/h7,9-13,20,23-26,29,31H,4-6,8,14-19,21-22H2,1-3H3,(H,41,50)(H,42,47)(H,44,49)/b11-7-/t24-,25+,29-,31-,39+/m0/s1. The van der Waals surface area contributed by atoms with Gasteiger partial charge in [0, 0.05) is 29.7 Å². The van der Waals surface area contributed by atoms with E-state index in [1.807, 2.05) is 42.5 Å². The van der Waals surface area contributed by atoms with Crippen molar-refractivity contribution in [3.63, 3.8) is 0 Å². The molecule has 1 aromatic carbocycles. The molecule has 1 saturated heterocycles. The number of sulfonamides is 1. The molecule has 2 aromatic heterocycles. The van der Waals surface area contributed by atoms with E-state index in [0.29, 0.717) is 49.5 Å². The van der Waals surface area contributed by atoms with Crippen LogP contribution < -0.4 is 20.1 Å². The minimum atomic E-state index is -3.89. The van der Waals surface area contributed by atoms with E-state index in [1.165, 1.54) is 4.90 Å². The summed E-state index contributed by atoms with van der Waals surface area (Å²) in [6.07, 6.45) is 8.90. The molecule has 16 heteroatoms. The third-order valence-electron chi connectivity index (χ3n) is 11.1. The van der Waals surface area contributed by atoms with Gasteiger partial charge in [0.25, 0.3) is 5.91 Å². The van der Waals surface area contributed by atoms with E-state index in [-0.39, 0.29) is 19.4 Å². The summed E-state index contributed by atoms with van der Waals surface area (Å²) in [7, 11) is -3.89. The summed E-state index contributed by atoms with van der Waals surface area (Å²) < 4.78 is 41.8. The molecule has 4 heterocycles. The number of rotatable bonds is 7. The second kappa shape index (κ2) is 14.1. The molecule has 4 amide bonds. The molecular weight excluding hydrogens is 727 g/mol. The van der Waals surface area contributed by atoms with Crippen LogP contribution in [0.3, 0.4) is 0 Å². The zero-order chi connectivity index (χ0) is 38.7. The number of aromatic nitrogens is 3. The summed E-state index contributed by atoms with van der Waals surface area (Å²) in [5.74, 6) is -1.55. The molecule has 15 nitrogen and oxygen atoms in total. The molecule has 0 spiro atoms.